The molecule has 1 aromatic carbocycles. The fourth-order valence-corrected chi connectivity index (χ4v) is 1.15. The van der Waals surface area contributed by atoms with E-state index in [2.05, 4.69) is 10.1 Å². The largest absolute Gasteiger partial charge is 0.399 e. The summed E-state index contributed by atoms with van der Waals surface area (Å²) < 4.78 is 4.87. The van der Waals surface area contributed by atoms with E-state index in [1.54, 1.807) is 31.2 Å². The maximum absolute atomic E-state index is 9.21. The average molecular weight is 205 g/mol. The molecule has 0 aliphatic heterocycles. The number of nitrogens with zero attached hydrogens (tertiary/aromatic N) is 2. The van der Waals surface area contributed by atoms with Crippen LogP contribution in [0.25, 0.3) is 11.4 Å². The molecule has 15 heavy (non-hydrogen) atoms. The number of hydrogen-bond donors (Lipinski definition) is 2. The zero-order chi connectivity index (χ0) is 10.8. The maximum atomic E-state index is 9.21. The number of aliphatic hydroxyl groups excluding tert-OH is 1. The zero-order valence-electron chi connectivity index (χ0n) is 8.21. The molecule has 2 rings (SSSR count). The quantitative estimate of drug-likeness (QED) is 0.723. The molecule has 0 amide bonds. The molecule has 0 radical (unpaired) electrons. The van der Waals surface area contributed by atoms with Gasteiger partial charge in [-0.25, -0.2) is 0 Å². The highest BCUT2D eigenvalue weighted by molar-refractivity contribution is 5.57. The van der Waals surface area contributed by atoms with Gasteiger partial charge < -0.3 is 15.4 Å². The standard InChI is InChI=1S/C10H11N3O2/c1-6(14)10-12-9(13-15-10)7-2-4-8(11)5-3-7/h2-6,14H,11H2,1H3. The number of anilines is 1. The lowest BCUT2D eigenvalue weighted by Gasteiger charge is -1.95. The molecule has 0 aliphatic carbocycles. The van der Waals surface area contributed by atoms with Crippen molar-refractivity contribution in [3.8, 4) is 11.4 Å². The van der Waals surface area contributed by atoms with Gasteiger partial charge in [-0.2, -0.15) is 4.98 Å². The molecule has 1 unspecified atom stereocenters. The molecule has 1 heterocycles. The number of nitrogen functional groups attached to an aromatic ring is 1. The van der Waals surface area contributed by atoms with Gasteiger partial charge in [0.1, 0.15) is 6.10 Å². The minimum absolute atomic E-state index is 0.210. The molecule has 0 bridgehead atoms. The summed E-state index contributed by atoms with van der Waals surface area (Å²) in [6.45, 7) is 1.57. The van der Waals surface area contributed by atoms with Crippen LogP contribution in [0, 0.1) is 0 Å². The monoisotopic (exact) mass is 205 g/mol. The predicted octanol–water partition coefficient (Wildman–Crippen LogP) is 1.37. The molecule has 5 nitrogen and oxygen atoms in total. The summed E-state index contributed by atoms with van der Waals surface area (Å²) in [6, 6.07) is 7.11. The lowest BCUT2D eigenvalue weighted by atomic mass is 10.2. The fourth-order valence-electron chi connectivity index (χ4n) is 1.15. The molecule has 0 spiro atoms. The van der Waals surface area contributed by atoms with Crippen LogP contribution in [0.3, 0.4) is 0 Å². The van der Waals surface area contributed by atoms with Crippen LogP contribution >= 0.6 is 0 Å². The second-order valence-corrected chi connectivity index (χ2v) is 3.25. The first-order valence-electron chi connectivity index (χ1n) is 4.54. The van der Waals surface area contributed by atoms with Crippen LogP contribution in [0.4, 0.5) is 5.69 Å². The number of benzene rings is 1. The van der Waals surface area contributed by atoms with Gasteiger partial charge in [-0.3, -0.25) is 0 Å². The average Bonchev–Trinajstić information content (AvgIpc) is 2.68. The van der Waals surface area contributed by atoms with Crippen molar-refractivity contribution in [1.29, 1.82) is 0 Å². The van der Waals surface area contributed by atoms with Gasteiger partial charge in [0.25, 0.3) is 5.89 Å². The molecule has 0 aliphatic rings. The van der Waals surface area contributed by atoms with E-state index >= 15 is 0 Å². The van der Waals surface area contributed by atoms with Gasteiger partial charge in [0.15, 0.2) is 0 Å². The van der Waals surface area contributed by atoms with Crippen molar-refractivity contribution in [3.05, 3.63) is 30.2 Å². The topological polar surface area (TPSA) is 85.2 Å². The van der Waals surface area contributed by atoms with E-state index in [1.807, 2.05) is 0 Å². The van der Waals surface area contributed by atoms with E-state index < -0.39 is 6.10 Å². The number of aromatic nitrogens is 2. The Hall–Kier alpha value is -1.88. The smallest absolute Gasteiger partial charge is 0.255 e. The summed E-state index contributed by atoms with van der Waals surface area (Å²) in [5.41, 5.74) is 7.04. The Bertz CT molecular complexity index is 448. The van der Waals surface area contributed by atoms with Gasteiger partial charge in [0.2, 0.25) is 5.82 Å². The van der Waals surface area contributed by atoms with Crippen molar-refractivity contribution < 1.29 is 9.63 Å². The van der Waals surface area contributed by atoms with Crippen LogP contribution in [-0.2, 0) is 0 Å². The summed E-state index contributed by atoms with van der Waals surface area (Å²) >= 11 is 0. The SMILES string of the molecule is CC(O)c1nc(-c2ccc(N)cc2)no1. The van der Waals surface area contributed by atoms with Crippen molar-refractivity contribution in [1.82, 2.24) is 10.1 Å². The number of aliphatic hydroxyl groups is 1. The van der Waals surface area contributed by atoms with Gasteiger partial charge in [-0.1, -0.05) is 5.16 Å². The van der Waals surface area contributed by atoms with Crippen LogP contribution in [0.1, 0.15) is 18.9 Å². The third-order valence-corrected chi connectivity index (χ3v) is 1.97. The molecule has 3 N–H and O–H groups in total. The summed E-state index contributed by atoms with van der Waals surface area (Å²) in [5.74, 6) is 0.660. The van der Waals surface area contributed by atoms with E-state index in [1.165, 1.54) is 0 Å². The first kappa shape index (κ1) is 9.67. The van der Waals surface area contributed by atoms with Gasteiger partial charge in [0, 0.05) is 11.3 Å². The summed E-state index contributed by atoms with van der Waals surface area (Å²) in [5, 5.41) is 13.0. The lowest BCUT2D eigenvalue weighted by molar-refractivity contribution is 0.152. The van der Waals surface area contributed by atoms with Crippen molar-refractivity contribution in [2.24, 2.45) is 0 Å². The lowest BCUT2D eigenvalue weighted by Crippen LogP contribution is -1.90. The number of rotatable bonds is 2. The Morgan fingerprint density at radius 3 is 2.53 bits per heavy atom. The van der Waals surface area contributed by atoms with E-state index in [0.29, 0.717) is 11.5 Å². The van der Waals surface area contributed by atoms with Gasteiger partial charge in [0.05, 0.1) is 0 Å². The van der Waals surface area contributed by atoms with Crippen LogP contribution in [-0.4, -0.2) is 15.2 Å². The summed E-state index contributed by atoms with van der Waals surface area (Å²) in [6.07, 6.45) is -0.750. The first-order chi connectivity index (χ1) is 7.16. The zero-order valence-corrected chi connectivity index (χ0v) is 8.21. The Balaban J connectivity index is 2.33. The Morgan fingerprint density at radius 2 is 2.00 bits per heavy atom. The second kappa shape index (κ2) is 3.70. The Kier molecular flexibility index (Phi) is 2.39. The maximum Gasteiger partial charge on any atom is 0.255 e. The normalized spacial score (nSPS) is 12.7. The van der Waals surface area contributed by atoms with E-state index in [-0.39, 0.29) is 5.89 Å². The van der Waals surface area contributed by atoms with Crippen LogP contribution in [0.2, 0.25) is 0 Å². The highest BCUT2D eigenvalue weighted by Crippen LogP contribution is 2.19. The highest BCUT2D eigenvalue weighted by Gasteiger charge is 2.11. The fraction of sp³-hybridized carbons (Fsp3) is 0.200. The molecule has 0 saturated carbocycles. The van der Waals surface area contributed by atoms with Crippen molar-refractivity contribution >= 4 is 5.69 Å². The minimum Gasteiger partial charge on any atom is -0.399 e. The molecular formula is C10H11N3O2. The number of hydrogen-bond acceptors (Lipinski definition) is 5. The second-order valence-electron chi connectivity index (χ2n) is 3.25. The molecule has 78 valence electrons. The highest BCUT2D eigenvalue weighted by atomic mass is 16.5. The third kappa shape index (κ3) is 1.97. The van der Waals surface area contributed by atoms with E-state index in [4.69, 9.17) is 10.3 Å². The summed E-state index contributed by atoms with van der Waals surface area (Å²) in [4.78, 5) is 4.04. The Labute approximate surface area is 86.5 Å². The number of nitrogens with two attached hydrogens (primary N) is 1. The molecule has 5 heteroatoms. The molecular weight excluding hydrogens is 194 g/mol. The molecule has 0 fully saturated rings. The molecule has 1 aromatic heterocycles. The van der Waals surface area contributed by atoms with E-state index in [9.17, 15) is 5.11 Å². The van der Waals surface area contributed by atoms with E-state index in [0.717, 1.165) is 5.56 Å². The van der Waals surface area contributed by atoms with Gasteiger partial charge in [-0.15, -0.1) is 0 Å². The van der Waals surface area contributed by atoms with Gasteiger partial charge in [-0.05, 0) is 31.2 Å². The minimum atomic E-state index is -0.750. The van der Waals surface area contributed by atoms with Gasteiger partial charge >= 0.3 is 0 Å². The third-order valence-electron chi connectivity index (χ3n) is 1.97. The molecule has 2 aromatic rings. The molecule has 0 saturated heterocycles. The van der Waals surface area contributed by atoms with Crippen molar-refractivity contribution in [3.63, 3.8) is 0 Å². The summed E-state index contributed by atoms with van der Waals surface area (Å²) in [7, 11) is 0. The van der Waals surface area contributed by atoms with Crippen LogP contribution in [0.5, 0.6) is 0 Å². The van der Waals surface area contributed by atoms with Crippen molar-refractivity contribution in [2.45, 2.75) is 13.0 Å². The molecule has 1 atom stereocenters. The van der Waals surface area contributed by atoms with Crippen LogP contribution < -0.4 is 5.73 Å². The Morgan fingerprint density at radius 1 is 1.33 bits per heavy atom. The predicted molar refractivity (Wildman–Crippen MR) is 54.8 cm³/mol. The van der Waals surface area contributed by atoms with Crippen LogP contribution in [0.15, 0.2) is 28.8 Å². The van der Waals surface area contributed by atoms with Crippen molar-refractivity contribution in [2.75, 3.05) is 5.73 Å². The first-order valence-corrected chi connectivity index (χ1v) is 4.54.